The largest absolute Gasteiger partial charge is 0.376 e. The number of hydrogen-bond donors (Lipinski definition) is 2. The molecular formula is C13H18N2OS. The Hall–Kier alpha value is -1.13. The van der Waals surface area contributed by atoms with Crippen LogP contribution in [-0.2, 0) is 4.74 Å². The third kappa shape index (κ3) is 3.17. The Kier molecular flexibility index (Phi) is 3.97. The first-order valence-electron chi connectivity index (χ1n) is 5.89. The van der Waals surface area contributed by atoms with Crippen molar-refractivity contribution in [2.45, 2.75) is 24.9 Å². The molecule has 1 saturated carbocycles. The van der Waals surface area contributed by atoms with Crippen LogP contribution >= 0.6 is 12.2 Å². The summed E-state index contributed by atoms with van der Waals surface area (Å²) in [6.45, 7) is 0.780. The van der Waals surface area contributed by atoms with Crippen LogP contribution in [0.25, 0.3) is 0 Å². The number of hydrogen-bond acceptors (Lipinski definition) is 2. The van der Waals surface area contributed by atoms with Crippen LogP contribution in [0.15, 0.2) is 30.3 Å². The Balaban J connectivity index is 1.78. The number of nitrogens with one attached hydrogen (secondary N) is 2. The summed E-state index contributed by atoms with van der Waals surface area (Å²) in [4.78, 5) is 0. The zero-order valence-electron chi connectivity index (χ0n) is 10.0. The van der Waals surface area contributed by atoms with Crippen molar-refractivity contribution in [3.05, 3.63) is 30.3 Å². The summed E-state index contributed by atoms with van der Waals surface area (Å²) in [6.07, 6.45) is 3.48. The van der Waals surface area contributed by atoms with E-state index in [1.807, 2.05) is 30.3 Å². The minimum atomic E-state index is 0.00241. The molecule has 2 N–H and O–H groups in total. The molecule has 92 valence electrons. The Morgan fingerprint density at radius 1 is 1.35 bits per heavy atom. The third-order valence-corrected chi connectivity index (χ3v) is 3.55. The van der Waals surface area contributed by atoms with E-state index in [9.17, 15) is 0 Å². The predicted molar refractivity (Wildman–Crippen MR) is 74.3 cm³/mol. The molecule has 0 saturated heterocycles. The van der Waals surface area contributed by atoms with E-state index in [4.69, 9.17) is 17.0 Å². The Bertz CT molecular complexity index is 371. The molecule has 17 heavy (non-hydrogen) atoms. The van der Waals surface area contributed by atoms with Gasteiger partial charge in [0.2, 0.25) is 0 Å². The highest BCUT2D eigenvalue weighted by Crippen LogP contribution is 2.34. The summed E-state index contributed by atoms with van der Waals surface area (Å²) in [6, 6.07) is 9.92. The normalized spacial score (nSPS) is 17.0. The van der Waals surface area contributed by atoms with Gasteiger partial charge in [0.25, 0.3) is 0 Å². The fraction of sp³-hybridized carbons (Fsp3) is 0.462. The number of para-hydroxylation sites is 1. The van der Waals surface area contributed by atoms with E-state index in [1.54, 1.807) is 7.11 Å². The van der Waals surface area contributed by atoms with E-state index in [1.165, 1.54) is 6.42 Å². The van der Waals surface area contributed by atoms with Crippen LogP contribution in [-0.4, -0.2) is 24.4 Å². The number of anilines is 1. The summed E-state index contributed by atoms with van der Waals surface area (Å²) in [7, 11) is 1.77. The second-order valence-electron chi connectivity index (χ2n) is 4.41. The van der Waals surface area contributed by atoms with E-state index < -0.39 is 0 Å². The smallest absolute Gasteiger partial charge is 0.170 e. The first-order chi connectivity index (χ1) is 8.24. The van der Waals surface area contributed by atoms with Crippen LogP contribution in [0.1, 0.15) is 19.3 Å². The number of thiocarbonyl (C=S) groups is 1. The molecular weight excluding hydrogens is 232 g/mol. The van der Waals surface area contributed by atoms with Crippen LogP contribution in [0, 0.1) is 0 Å². The van der Waals surface area contributed by atoms with Crippen molar-refractivity contribution >= 4 is 23.0 Å². The third-order valence-electron chi connectivity index (χ3n) is 3.30. The van der Waals surface area contributed by atoms with E-state index in [2.05, 4.69) is 10.6 Å². The molecule has 0 aromatic heterocycles. The van der Waals surface area contributed by atoms with Crippen molar-refractivity contribution in [2.24, 2.45) is 0 Å². The summed E-state index contributed by atoms with van der Waals surface area (Å²) in [5, 5.41) is 7.02. The standard InChI is InChI=1S/C13H18N2OS/c1-16-13(8-5-9-13)10-14-12(17)15-11-6-3-2-4-7-11/h2-4,6-7H,5,8-10H2,1H3,(H2,14,15,17). The van der Waals surface area contributed by atoms with Crippen molar-refractivity contribution in [2.75, 3.05) is 19.0 Å². The van der Waals surface area contributed by atoms with Crippen LogP contribution < -0.4 is 10.6 Å². The lowest BCUT2D eigenvalue weighted by Crippen LogP contribution is -2.50. The molecule has 2 rings (SSSR count). The molecule has 0 spiro atoms. The van der Waals surface area contributed by atoms with Gasteiger partial charge in [-0.05, 0) is 43.6 Å². The quantitative estimate of drug-likeness (QED) is 0.805. The Morgan fingerprint density at radius 2 is 2.06 bits per heavy atom. The number of ether oxygens (including phenoxy) is 1. The molecule has 0 heterocycles. The SMILES string of the molecule is COC1(CNC(=S)Nc2ccccc2)CCC1. The highest BCUT2D eigenvalue weighted by molar-refractivity contribution is 7.80. The molecule has 1 aromatic rings. The average molecular weight is 250 g/mol. The topological polar surface area (TPSA) is 33.3 Å². The van der Waals surface area contributed by atoms with Gasteiger partial charge in [0.05, 0.1) is 5.60 Å². The molecule has 1 fully saturated rings. The lowest BCUT2D eigenvalue weighted by Gasteiger charge is -2.40. The van der Waals surface area contributed by atoms with Crippen LogP contribution in [0.3, 0.4) is 0 Å². The molecule has 4 heteroatoms. The van der Waals surface area contributed by atoms with Crippen molar-refractivity contribution in [1.82, 2.24) is 5.32 Å². The van der Waals surface area contributed by atoms with Gasteiger partial charge >= 0.3 is 0 Å². The highest BCUT2D eigenvalue weighted by Gasteiger charge is 2.36. The fourth-order valence-electron chi connectivity index (χ4n) is 1.96. The average Bonchev–Trinajstić information content (AvgIpc) is 2.29. The molecule has 1 aliphatic rings. The maximum atomic E-state index is 5.52. The first-order valence-corrected chi connectivity index (χ1v) is 6.30. The zero-order chi connectivity index (χ0) is 12.1. The van der Waals surface area contributed by atoms with E-state index in [0.717, 1.165) is 25.1 Å². The Labute approximate surface area is 108 Å². The predicted octanol–water partition coefficient (Wildman–Crippen LogP) is 2.54. The van der Waals surface area contributed by atoms with E-state index in [-0.39, 0.29) is 5.60 Å². The van der Waals surface area contributed by atoms with Gasteiger partial charge in [-0.25, -0.2) is 0 Å². The van der Waals surface area contributed by atoms with Gasteiger partial charge in [-0.3, -0.25) is 0 Å². The van der Waals surface area contributed by atoms with Gasteiger partial charge in [-0.15, -0.1) is 0 Å². The van der Waals surface area contributed by atoms with Gasteiger partial charge in [0.15, 0.2) is 5.11 Å². The second-order valence-corrected chi connectivity index (χ2v) is 4.82. The minimum Gasteiger partial charge on any atom is -0.376 e. The maximum Gasteiger partial charge on any atom is 0.170 e. The van der Waals surface area contributed by atoms with E-state index in [0.29, 0.717) is 5.11 Å². The summed E-state index contributed by atoms with van der Waals surface area (Å²) in [5.74, 6) is 0. The highest BCUT2D eigenvalue weighted by atomic mass is 32.1. The molecule has 0 atom stereocenters. The second kappa shape index (κ2) is 5.47. The van der Waals surface area contributed by atoms with Crippen LogP contribution in [0.4, 0.5) is 5.69 Å². The Morgan fingerprint density at radius 3 is 2.59 bits per heavy atom. The van der Waals surface area contributed by atoms with Gasteiger partial charge in [-0.1, -0.05) is 18.2 Å². The van der Waals surface area contributed by atoms with E-state index >= 15 is 0 Å². The number of benzene rings is 1. The molecule has 0 amide bonds. The van der Waals surface area contributed by atoms with Crippen molar-refractivity contribution in [3.63, 3.8) is 0 Å². The summed E-state index contributed by atoms with van der Waals surface area (Å²) >= 11 is 5.25. The van der Waals surface area contributed by atoms with Crippen molar-refractivity contribution in [3.8, 4) is 0 Å². The molecule has 0 aliphatic heterocycles. The van der Waals surface area contributed by atoms with Crippen LogP contribution in [0.2, 0.25) is 0 Å². The molecule has 3 nitrogen and oxygen atoms in total. The molecule has 0 bridgehead atoms. The van der Waals surface area contributed by atoms with Gasteiger partial charge < -0.3 is 15.4 Å². The van der Waals surface area contributed by atoms with Gasteiger partial charge in [0, 0.05) is 19.3 Å². The fourth-order valence-corrected chi connectivity index (χ4v) is 2.15. The zero-order valence-corrected chi connectivity index (χ0v) is 10.8. The monoisotopic (exact) mass is 250 g/mol. The first kappa shape index (κ1) is 12.3. The van der Waals surface area contributed by atoms with Crippen molar-refractivity contribution < 1.29 is 4.74 Å². The summed E-state index contributed by atoms with van der Waals surface area (Å²) in [5.41, 5.74) is 1.01. The molecule has 1 aromatic carbocycles. The van der Waals surface area contributed by atoms with Crippen molar-refractivity contribution in [1.29, 1.82) is 0 Å². The van der Waals surface area contributed by atoms with Gasteiger partial charge in [-0.2, -0.15) is 0 Å². The molecule has 0 unspecified atom stereocenters. The van der Waals surface area contributed by atoms with Crippen LogP contribution in [0.5, 0.6) is 0 Å². The lowest BCUT2D eigenvalue weighted by molar-refractivity contribution is -0.0664. The lowest BCUT2D eigenvalue weighted by atomic mass is 9.80. The molecule has 1 aliphatic carbocycles. The number of methoxy groups -OCH3 is 1. The maximum absolute atomic E-state index is 5.52. The number of rotatable bonds is 4. The minimum absolute atomic E-state index is 0.00241. The molecule has 0 radical (unpaired) electrons. The van der Waals surface area contributed by atoms with Gasteiger partial charge in [0.1, 0.15) is 0 Å². The summed E-state index contributed by atoms with van der Waals surface area (Å²) < 4.78 is 5.52.